The molecule has 0 aliphatic rings. The summed E-state index contributed by atoms with van der Waals surface area (Å²) < 4.78 is 26.3. The topological polar surface area (TPSA) is 66.5 Å². The van der Waals surface area contributed by atoms with E-state index < -0.39 is 10.0 Å². The van der Waals surface area contributed by atoms with E-state index in [1.807, 2.05) is 38.1 Å². The molecule has 0 bridgehead atoms. The predicted octanol–water partition coefficient (Wildman–Crippen LogP) is 4.09. The van der Waals surface area contributed by atoms with Gasteiger partial charge in [0.2, 0.25) is 10.0 Å². The molecule has 2 aromatic carbocycles. The largest absolute Gasteiger partial charge is 0.322 e. The van der Waals surface area contributed by atoms with Crippen molar-refractivity contribution >= 4 is 21.6 Å². The van der Waals surface area contributed by atoms with Gasteiger partial charge in [0.15, 0.2) is 0 Å². The minimum absolute atomic E-state index is 0.143. The van der Waals surface area contributed by atoms with Gasteiger partial charge >= 0.3 is 0 Å². The van der Waals surface area contributed by atoms with Crippen molar-refractivity contribution in [1.29, 1.82) is 0 Å². The Morgan fingerprint density at radius 3 is 2.08 bits per heavy atom. The van der Waals surface area contributed by atoms with Crippen molar-refractivity contribution in [2.24, 2.45) is 0 Å². The first-order chi connectivity index (χ1) is 12.1. The number of nitrogens with one attached hydrogen (secondary N) is 1. The van der Waals surface area contributed by atoms with Crippen molar-refractivity contribution in [3.63, 3.8) is 0 Å². The van der Waals surface area contributed by atoms with Crippen molar-refractivity contribution in [3.8, 4) is 0 Å². The number of amides is 1. The highest BCUT2D eigenvalue weighted by atomic mass is 32.2. The molecule has 6 heteroatoms. The second-order valence-electron chi connectivity index (χ2n) is 6.84. The van der Waals surface area contributed by atoms with Crippen LogP contribution < -0.4 is 5.32 Å². The third-order valence-electron chi connectivity index (χ3n) is 4.35. The molecule has 140 valence electrons. The van der Waals surface area contributed by atoms with Gasteiger partial charge in [0.25, 0.3) is 5.91 Å². The van der Waals surface area contributed by atoms with Crippen LogP contribution in [0.5, 0.6) is 0 Å². The van der Waals surface area contributed by atoms with E-state index in [2.05, 4.69) is 19.2 Å². The number of anilines is 1. The van der Waals surface area contributed by atoms with Crippen LogP contribution in [0, 0.1) is 0 Å². The third-order valence-corrected chi connectivity index (χ3v) is 6.40. The Morgan fingerprint density at radius 2 is 1.54 bits per heavy atom. The summed E-state index contributed by atoms with van der Waals surface area (Å²) in [6.07, 6.45) is 0. The van der Waals surface area contributed by atoms with E-state index in [0.717, 1.165) is 11.3 Å². The lowest BCUT2D eigenvalue weighted by Gasteiger charge is -2.21. The van der Waals surface area contributed by atoms with Gasteiger partial charge in [-0.25, -0.2) is 8.42 Å². The van der Waals surface area contributed by atoms with Gasteiger partial charge < -0.3 is 5.32 Å². The highest BCUT2D eigenvalue weighted by Gasteiger charge is 2.23. The molecule has 2 rings (SSSR count). The van der Waals surface area contributed by atoms with Gasteiger partial charge in [0, 0.05) is 24.3 Å². The Labute approximate surface area is 156 Å². The number of nitrogens with zero attached hydrogens (tertiary/aromatic N) is 1. The lowest BCUT2D eigenvalue weighted by atomic mass is 10.0. The molecule has 26 heavy (non-hydrogen) atoms. The molecule has 1 amide bonds. The quantitative estimate of drug-likeness (QED) is 0.828. The summed E-state index contributed by atoms with van der Waals surface area (Å²) in [6.45, 7) is 7.75. The molecule has 0 fully saturated rings. The monoisotopic (exact) mass is 374 g/mol. The van der Waals surface area contributed by atoms with Crippen LogP contribution in [-0.4, -0.2) is 31.7 Å². The Morgan fingerprint density at radius 1 is 0.962 bits per heavy atom. The maximum Gasteiger partial charge on any atom is 0.255 e. The van der Waals surface area contributed by atoms with Crippen LogP contribution in [0.25, 0.3) is 0 Å². The number of para-hydroxylation sites is 1. The molecule has 1 N–H and O–H groups in total. The third kappa shape index (κ3) is 4.31. The van der Waals surface area contributed by atoms with E-state index in [1.165, 1.54) is 28.6 Å². The van der Waals surface area contributed by atoms with Crippen molar-refractivity contribution in [2.75, 3.05) is 12.4 Å². The first kappa shape index (κ1) is 20.1. The van der Waals surface area contributed by atoms with Crippen molar-refractivity contribution in [3.05, 3.63) is 59.7 Å². The zero-order valence-electron chi connectivity index (χ0n) is 15.9. The van der Waals surface area contributed by atoms with Crippen molar-refractivity contribution < 1.29 is 13.2 Å². The average Bonchev–Trinajstić information content (AvgIpc) is 2.61. The fourth-order valence-electron chi connectivity index (χ4n) is 2.53. The second kappa shape index (κ2) is 8.01. The van der Waals surface area contributed by atoms with Crippen LogP contribution in [0.15, 0.2) is 53.4 Å². The number of rotatable bonds is 6. The first-order valence-corrected chi connectivity index (χ1v) is 10.1. The van der Waals surface area contributed by atoms with E-state index >= 15 is 0 Å². The van der Waals surface area contributed by atoms with E-state index in [1.54, 1.807) is 7.05 Å². The zero-order valence-corrected chi connectivity index (χ0v) is 16.7. The molecule has 0 saturated carbocycles. The van der Waals surface area contributed by atoms with Gasteiger partial charge in [-0.1, -0.05) is 32.0 Å². The molecule has 0 heterocycles. The predicted molar refractivity (Wildman–Crippen MR) is 105 cm³/mol. The van der Waals surface area contributed by atoms with E-state index in [9.17, 15) is 13.2 Å². The maximum absolute atomic E-state index is 12.5. The normalized spacial score (nSPS) is 12.0. The summed E-state index contributed by atoms with van der Waals surface area (Å²) in [7, 11) is -2.01. The van der Waals surface area contributed by atoms with Gasteiger partial charge in [-0.15, -0.1) is 0 Å². The molecule has 0 spiro atoms. The van der Waals surface area contributed by atoms with Gasteiger partial charge in [-0.2, -0.15) is 4.31 Å². The van der Waals surface area contributed by atoms with Crippen molar-refractivity contribution in [2.45, 2.75) is 44.6 Å². The number of hydrogen-bond donors (Lipinski definition) is 1. The highest BCUT2D eigenvalue weighted by molar-refractivity contribution is 7.89. The second-order valence-corrected chi connectivity index (χ2v) is 8.83. The van der Waals surface area contributed by atoms with Crippen LogP contribution in [0.3, 0.4) is 0 Å². The molecule has 0 aliphatic heterocycles. The first-order valence-electron chi connectivity index (χ1n) is 8.63. The van der Waals surface area contributed by atoms with Crippen LogP contribution in [-0.2, 0) is 10.0 Å². The van der Waals surface area contributed by atoms with E-state index in [-0.39, 0.29) is 22.8 Å². The van der Waals surface area contributed by atoms with Gasteiger partial charge in [-0.05, 0) is 55.7 Å². The Kier molecular flexibility index (Phi) is 6.21. The Balaban J connectivity index is 2.23. The molecule has 0 atom stereocenters. The summed E-state index contributed by atoms with van der Waals surface area (Å²) in [4.78, 5) is 12.7. The summed E-state index contributed by atoms with van der Waals surface area (Å²) in [5.74, 6) is 0.0184. The summed E-state index contributed by atoms with van der Waals surface area (Å²) in [5, 5.41) is 2.91. The Hall–Kier alpha value is -2.18. The fraction of sp³-hybridized carbons (Fsp3) is 0.350. The summed E-state index contributed by atoms with van der Waals surface area (Å²) in [6, 6.07) is 13.5. The minimum Gasteiger partial charge on any atom is -0.322 e. The fourth-order valence-corrected chi connectivity index (χ4v) is 3.90. The standard InChI is InChI=1S/C20H26N2O3S/c1-14(2)18-8-6-7-9-19(18)21-20(23)16-10-12-17(13-11-16)26(24,25)22(5)15(3)4/h6-15H,1-5H3,(H,21,23). The molecular formula is C20H26N2O3S. The zero-order chi connectivity index (χ0) is 19.5. The average molecular weight is 375 g/mol. The van der Waals surface area contributed by atoms with Gasteiger partial charge in [-0.3, -0.25) is 4.79 Å². The molecule has 0 radical (unpaired) electrons. The smallest absolute Gasteiger partial charge is 0.255 e. The van der Waals surface area contributed by atoms with Gasteiger partial charge in [0.1, 0.15) is 0 Å². The number of carbonyl (C=O) groups excluding carboxylic acids is 1. The summed E-state index contributed by atoms with van der Waals surface area (Å²) >= 11 is 0. The molecule has 0 saturated heterocycles. The van der Waals surface area contributed by atoms with E-state index in [0.29, 0.717) is 5.56 Å². The number of sulfonamides is 1. The molecule has 0 aromatic heterocycles. The lowest BCUT2D eigenvalue weighted by molar-refractivity contribution is 0.102. The number of hydrogen-bond acceptors (Lipinski definition) is 3. The highest BCUT2D eigenvalue weighted by Crippen LogP contribution is 2.24. The maximum atomic E-state index is 12.5. The van der Waals surface area contributed by atoms with Crippen LogP contribution >= 0.6 is 0 Å². The van der Waals surface area contributed by atoms with E-state index in [4.69, 9.17) is 0 Å². The van der Waals surface area contributed by atoms with Crippen molar-refractivity contribution in [1.82, 2.24) is 4.31 Å². The van der Waals surface area contributed by atoms with Gasteiger partial charge in [0.05, 0.1) is 4.90 Å². The molecule has 0 unspecified atom stereocenters. The number of benzene rings is 2. The minimum atomic E-state index is -3.56. The number of carbonyl (C=O) groups is 1. The van der Waals surface area contributed by atoms with Crippen LogP contribution in [0.2, 0.25) is 0 Å². The Bertz CT molecular complexity index is 872. The molecular weight excluding hydrogens is 348 g/mol. The SMILES string of the molecule is CC(C)c1ccccc1NC(=O)c1ccc(S(=O)(=O)N(C)C(C)C)cc1. The molecule has 0 aliphatic carbocycles. The van der Waals surface area contributed by atoms with Crippen LogP contribution in [0.1, 0.15) is 49.5 Å². The lowest BCUT2D eigenvalue weighted by Crippen LogP contribution is -2.33. The summed E-state index contributed by atoms with van der Waals surface area (Å²) in [5.41, 5.74) is 2.23. The molecule has 5 nitrogen and oxygen atoms in total. The molecule has 2 aromatic rings. The van der Waals surface area contributed by atoms with Crippen LogP contribution in [0.4, 0.5) is 5.69 Å².